The zero-order valence-electron chi connectivity index (χ0n) is 14.2. The Hall–Kier alpha value is -2.04. The number of nitrogens with one attached hydrogen (secondary N) is 2. The average Bonchev–Trinajstić information content (AvgIpc) is 2.36. The van der Waals surface area contributed by atoms with Crippen LogP contribution in [0.1, 0.15) is 40.2 Å². The maximum absolute atomic E-state index is 12.4. The van der Waals surface area contributed by atoms with Gasteiger partial charge >= 0.3 is 6.09 Å². The SMILES string of the molecule is Cc1ccc(NC(=O)[C@@H](NC(=O)OC(C)(C)C)C(C)C)cc1. The van der Waals surface area contributed by atoms with Crippen molar-refractivity contribution in [2.75, 3.05) is 5.32 Å². The standard InChI is InChI=1S/C17H26N2O3/c1-11(2)14(19-16(21)22-17(4,5)6)15(20)18-13-9-7-12(3)8-10-13/h7-11,14H,1-6H3,(H,18,20)(H,19,21)/t14-/m0/s1. The van der Waals surface area contributed by atoms with Crippen molar-refractivity contribution in [3.05, 3.63) is 29.8 Å². The lowest BCUT2D eigenvalue weighted by molar-refractivity contribution is -0.119. The predicted molar refractivity (Wildman–Crippen MR) is 87.8 cm³/mol. The van der Waals surface area contributed by atoms with Crippen molar-refractivity contribution in [3.8, 4) is 0 Å². The zero-order chi connectivity index (χ0) is 16.9. The van der Waals surface area contributed by atoms with Gasteiger partial charge in [0.2, 0.25) is 5.91 Å². The van der Waals surface area contributed by atoms with Crippen molar-refractivity contribution in [2.24, 2.45) is 5.92 Å². The molecule has 0 bridgehead atoms. The van der Waals surface area contributed by atoms with Crippen LogP contribution in [0, 0.1) is 12.8 Å². The number of carbonyl (C=O) groups is 2. The van der Waals surface area contributed by atoms with E-state index >= 15 is 0 Å². The van der Waals surface area contributed by atoms with Crippen LogP contribution >= 0.6 is 0 Å². The lowest BCUT2D eigenvalue weighted by Gasteiger charge is -2.25. The van der Waals surface area contributed by atoms with E-state index in [0.717, 1.165) is 5.56 Å². The van der Waals surface area contributed by atoms with Gasteiger partial charge in [0, 0.05) is 5.69 Å². The van der Waals surface area contributed by atoms with E-state index in [1.54, 1.807) is 20.8 Å². The third kappa shape index (κ3) is 6.16. The number of hydrogen-bond acceptors (Lipinski definition) is 3. The number of rotatable bonds is 4. The molecule has 1 aromatic carbocycles. The van der Waals surface area contributed by atoms with Gasteiger partial charge in [-0.1, -0.05) is 31.5 Å². The molecule has 0 heterocycles. The van der Waals surface area contributed by atoms with Crippen LogP contribution in [0.2, 0.25) is 0 Å². The third-order valence-corrected chi connectivity index (χ3v) is 2.94. The first-order chi connectivity index (χ1) is 10.1. The summed E-state index contributed by atoms with van der Waals surface area (Å²) >= 11 is 0. The molecule has 22 heavy (non-hydrogen) atoms. The Morgan fingerprint density at radius 2 is 1.64 bits per heavy atom. The fraction of sp³-hybridized carbons (Fsp3) is 0.529. The van der Waals surface area contributed by atoms with Gasteiger partial charge in [-0.3, -0.25) is 4.79 Å². The molecule has 0 aliphatic rings. The van der Waals surface area contributed by atoms with Crippen molar-refractivity contribution in [1.29, 1.82) is 0 Å². The second-order valence-electron chi connectivity index (χ2n) is 6.72. The highest BCUT2D eigenvalue weighted by molar-refractivity contribution is 5.96. The summed E-state index contributed by atoms with van der Waals surface area (Å²) in [5.74, 6) is -0.317. The minimum absolute atomic E-state index is 0.0574. The van der Waals surface area contributed by atoms with E-state index in [1.165, 1.54) is 0 Å². The van der Waals surface area contributed by atoms with Crippen molar-refractivity contribution >= 4 is 17.7 Å². The van der Waals surface area contributed by atoms with Crippen LogP contribution in [0.4, 0.5) is 10.5 Å². The molecular weight excluding hydrogens is 280 g/mol. The van der Waals surface area contributed by atoms with Crippen LogP contribution in [0.15, 0.2) is 24.3 Å². The minimum atomic E-state index is -0.656. The first kappa shape index (κ1) is 18.0. The third-order valence-electron chi connectivity index (χ3n) is 2.94. The van der Waals surface area contributed by atoms with Crippen LogP contribution < -0.4 is 10.6 Å². The number of carbonyl (C=O) groups excluding carboxylic acids is 2. The molecule has 5 heteroatoms. The van der Waals surface area contributed by atoms with E-state index in [-0.39, 0.29) is 11.8 Å². The summed E-state index contributed by atoms with van der Waals surface area (Å²) in [6.07, 6.45) is -0.592. The van der Waals surface area contributed by atoms with Gasteiger partial charge in [-0.25, -0.2) is 4.79 Å². The fourth-order valence-corrected chi connectivity index (χ4v) is 1.83. The first-order valence-corrected chi connectivity index (χ1v) is 7.45. The lowest BCUT2D eigenvalue weighted by atomic mass is 10.0. The van der Waals surface area contributed by atoms with E-state index in [0.29, 0.717) is 5.69 Å². The zero-order valence-corrected chi connectivity index (χ0v) is 14.2. The molecule has 0 aromatic heterocycles. The van der Waals surface area contributed by atoms with Gasteiger partial charge < -0.3 is 15.4 Å². The van der Waals surface area contributed by atoms with E-state index in [2.05, 4.69) is 10.6 Å². The number of amides is 2. The normalized spacial score (nSPS) is 12.7. The maximum Gasteiger partial charge on any atom is 0.408 e. The smallest absolute Gasteiger partial charge is 0.408 e. The summed E-state index contributed by atoms with van der Waals surface area (Å²) in [4.78, 5) is 24.2. The first-order valence-electron chi connectivity index (χ1n) is 7.45. The molecule has 0 fully saturated rings. The quantitative estimate of drug-likeness (QED) is 0.895. The van der Waals surface area contributed by atoms with Crippen molar-refractivity contribution in [1.82, 2.24) is 5.32 Å². The average molecular weight is 306 g/mol. The molecule has 1 aromatic rings. The number of alkyl carbamates (subject to hydrolysis) is 1. The molecule has 0 aliphatic carbocycles. The molecule has 0 spiro atoms. The molecule has 0 unspecified atom stereocenters. The Kier molecular flexibility index (Phi) is 5.97. The van der Waals surface area contributed by atoms with Crippen molar-refractivity contribution in [3.63, 3.8) is 0 Å². The van der Waals surface area contributed by atoms with E-state index in [9.17, 15) is 9.59 Å². The Balaban J connectivity index is 2.71. The van der Waals surface area contributed by atoms with Gasteiger partial charge in [0.25, 0.3) is 0 Å². The van der Waals surface area contributed by atoms with Gasteiger partial charge in [-0.2, -0.15) is 0 Å². The number of anilines is 1. The van der Waals surface area contributed by atoms with Crippen LogP contribution in [0.25, 0.3) is 0 Å². The van der Waals surface area contributed by atoms with E-state index < -0.39 is 17.7 Å². The van der Waals surface area contributed by atoms with E-state index in [4.69, 9.17) is 4.74 Å². The van der Waals surface area contributed by atoms with Gasteiger partial charge in [-0.05, 0) is 45.7 Å². The number of aryl methyl sites for hydroxylation is 1. The largest absolute Gasteiger partial charge is 0.444 e. The van der Waals surface area contributed by atoms with Crippen LogP contribution in [0.5, 0.6) is 0 Å². The molecule has 0 radical (unpaired) electrons. The molecule has 122 valence electrons. The fourth-order valence-electron chi connectivity index (χ4n) is 1.83. The Labute approximate surface area is 132 Å². The molecule has 5 nitrogen and oxygen atoms in total. The lowest BCUT2D eigenvalue weighted by Crippen LogP contribution is -2.48. The van der Waals surface area contributed by atoms with Crippen LogP contribution in [-0.4, -0.2) is 23.6 Å². The molecule has 0 aliphatic heterocycles. The van der Waals surface area contributed by atoms with Crippen LogP contribution in [0.3, 0.4) is 0 Å². The van der Waals surface area contributed by atoms with E-state index in [1.807, 2.05) is 45.0 Å². The summed E-state index contributed by atoms with van der Waals surface area (Å²) in [5, 5.41) is 5.44. The highest BCUT2D eigenvalue weighted by atomic mass is 16.6. The molecule has 1 atom stereocenters. The molecule has 2 N–H and O–H groups in total. The summed E-state index contributed by atoms with van der Waals surface area (Å²) < 4.78 is 5.20. The molecule has 1 rings (SSSR count). The Morgan fingerprint density at radius 1 is 1.09 bits per heavy atom. The predicted octanol–water partition coefficient (Wildman–Crippen LogP) is 3.48. The van der Waals surface area contributed by atoms with Crippen LogP contribution in [-0.2, 0) is 9.53 Å². The maximum atomic E-state index is 12.4. The highest BCUT2D eigenvalue weighted by Crippen LogP contribution is 2.12. The van der Waals surface area contributed by atoms with Crippen molar-refractivity contribution < 1.29 is 14.3 Å². The molecule has 0 saturated heterocycles. The summed E-state index contributed by atoms with van der Waals surface area (Å²) in [7, 11) is 0. The summed E-state index contributed by atoms with van der Waals surface area (Å²) in [6.45, 7) is 11.1. The second kappa shape index (κ2) is 7.29. The second-order valence-corrected chi connectivity index (χ2v) is 6.72. The Morgan fingerprint density at radius 3 is 2.09 bits per heavy atom. The number of hydrogen-bond donors (Lipinski definition) is 2. The molecular formula is C17H26N2O3. The minimum Gasteiger partial charge on any atom is -0.444 e. The van der Waals surface area contributed by atoms with Crippen molar-refractivity contribution in [2.45, 2.75) is 53.2 Å². The number of ether oxygens (including phenoxy) is 1. The summed E-state index contributed by atoms with van der Waals surface area (Å²) in [6, 6.07) is 6.84. The highest BCUT2D eigenvalue weighted by Gasteiger charge is 2.26. The summed E-state index contributed by atoms with van der Waals surface area (Å²) in [5.41, 5.74) is 1.22. The number of benzene rings is 1. The Bertz CT molecular complexity index is 516. The molecule has 2 amide bonds. The van der Waals surface area contributed by atoms with Gasteiger partial charge in [0.05, 0.1) is 0 Å². The monoisotopic (exact) mass is 306 g/mol. The van der Waals surface area contributed by atoms with Gasteiger partial charge in [-0.15, -0.1) is 0 Å². The topological polar surface area (TPSA) is 67.4 Å². The van der Waals surface area contributed by atoms with Gasteiger partial charge in [0.15, 0.2) is 0 Å². The van der Waals surface area contributed by atoms with Gasteiger partial charge in [0.1, 0.15) is 11.6 Å². The molecule has 0 saturated carbocycles.